The first-order valence-corrected chi connectivity index (χ1v) is 8.53. The van der Waals surface area contributed by atoms with E-state index in [1.807, 2.05) is 18.2 Å². The van der Waals surface area contributed by atoms with E-state index in [1.165, 1.54) is 4.31 Å². The number of sulfonamides is 1. The quantitative estimate of drug-likeness (QED) is 0.845. The number of pyridine rings is 1. The molecule has 2 aromatic rings. The molecule has 0 radical (unpaired) electrons. The molecule has 2 aromatic heterocycles. The van der Waals surface area contributed by atoms with Crippen molar-refractivity contribution >= 4 is 15.8 Å². The molecule has 0 unspecified atom stereocenters. The van der Waals surface area contributed by atoms with Crippen LogP contribution in [0.3, 0.4) is 0 Å². The molecule has 1 saturated heterocycles. The van der Waals surface area contributed by atoms with Gasteiger partial charge in [0.15, 0.2) is 5.76 Å². The second kappa shape index (κ2) is 5.69. The van der Waals surface area contributed by atoms with Gasteiger partial charge in [-0.3, -0.25) is 0 Å². The molecule has 0 N–H and O–H groups in total. The van der Waals surface area contributed by atoms with E-state index in [0.29, 0.717) is 37.6 Å². The van der Waals surface area contributed by atoms with Gasteiger partial charge in [-0.1, -0.05) is 11.2 Å². The average molecular weight is 322 g/mol. The highest BCUT2D eigenvalue weighted by molar-refractivity contribution is 7.89. The Morgan fingerprint density at radius 3 is 2.41 bits per heavy atom. The first kappa shape index (κ1) is 15.0. The van der Waals surface area contributed by atoms with E-state index >= 15 is 0 Å². The van der Waals surface area contributed by atoms with Crippen molar-refractivity contribution in [1.29, 1.82) is 0 Å². The van der Waals surface area contributed by atoms with Crippen molar-refractivity contribution in [2.45, 2.75) is 18.7 Å². The molecule has 22 heavy (non-hydrogen) atoms. The summed E-state index contributed by atoms with van der Waals surface area (Å²) in [7, 11) is -3.56. The molecule has 1 aliphatic rings. The van der Waals surface area contributed by atoms with Crippen molar-refractivity contribution < 1.29 is 12.9 Å². The van der Waals surface area contributed by atoms with E-state index in [0.717, 1.165) is 5.82 Å². The summed E-state index contributed by atoms with van der Waals surface area (Å²) in [6.45, 7) is 5.33. The third-order valence-electron chi connectivity index (χ3n) is 3.78. The number of nitrogens with zero attached hydrogens (tertiary/aromatic N) is 4. The van der Waals surface area contributed by atoms with Crippen LogP contribution in [0.1, 0.15) is 11.5 Å². The smallest absolute Gasteiger partial charge is 0.248 e. The molecule has 0 saturated carbocycles. The zero-order valence-corrected chi connectivity index (χ0v) is 13.4. The Morgan fingerprint density at radius 1 is 1.14 bits per heavy atom. The number of piperazine rings is 1. The molecule has 1 fully saturated rings. The highest BCUT2D eigenvalue weighted by Crippen LogP contribution is 2.24. The molecule has 0 aromatic carbocycles. The Kier molecular flexibility index (Phi) is 3.88. The normalized spacial score (nSPS) is 16.9. The number of aromatic nitrogens is 2. The van der Waals surface area contributed by atoms with Crippen LogP contribution in [0.5, 0.6) is 0 Å². The lowest BCUT2D eigenvalue weighted by Crippen LogP contribution is -2.49. The Bertz CT molecular complexity index is 730. The number of anilines is 1. The SMILES string of the molecule is Cc1noc(C)c1S(=O)(=O)N1CCN(c2ccccn2)CC1. The topological polar surface area (TPSA) is 79.5 Å². The van der Waals surface area contributed by atoms with E-state index in [1.54, 1.807) is 20.0 Å². The Hall–Kier alpha value is -1.93. The van der Waals surface area contributed by atoms with E-state index < -0.39 is 10.0 Å². The zero-order chi connectivity index (χ0) is 15.7. The molecule has 7 nitrogen and oxygen atoms in total. The van der Waals surface area contributed by atoms with Gasteiger partial charge < -0.3 is 9.42 Å². The van der Waals surface area contributed by atoms with Crippen LogP contribution in [0.2, 0.25) is 0 Å². The fourth-order valence-electron chi connectivity index (χ4n) is 2.67. The van der Waals surface area contributed by atoms with Gasteiger partial charge in [0.05, 0.1) is 0 Å². The van der Waals surface area contributed by atoms with Crippen LogP contribution in [0, 0.1) is 13.8 Å². The van der Waals surface area contributed by atoms with Crippen molar-refractivity contribution in [1.82, 2.24) is 14.4 Å². The lowest BCUT2D eigenvalue weighted by molar-refractivity contribution is 0.378. The summed E-state index contributed by atoms with van der Waals surface area (Å²) < 4.78 is 31.9. The van der Waals surface area contributed by atoms with Gasteiger partial charge in [-0.25, -0.2) is 13.4 Å². The van der Waals surface area contributed by atoms with E-state index in [2.05, 4.69) is 15.0 Å². The summed E-state index contributed by atoms with van der Waals surface area (Å²) in [5.74, 6) is 1.21. The van der Waals surface area contributed by atoms with Crippen LogP contribution in [-0.4, -0.2) is 49.0 Å². The molecule has 118 valence electrons. The summed E-state index contributed by atoms with van der Waals surface area (Å²) in [6.07, 6.45) is 1.74. The molecule has 0 atom stereocenters. The highest BCUT2D eigenvalue weighted by Gasteiger charge is 2.33. The van der Waals surface area contributed by atoms with Gasteiger partial charge >= 0.3 is 0 Å². The van der Waals surface area contributed by atoms with Gasteiger partial charge in [0.1, 0.15) is 16.4 Å². The Morgan fingerprint density at radius 2 is 1.86 bits per heavy atom. The summed E-state index contributed by atoms with van der Waals surface area (Å²) in [6, 6.07) is 5.72. The minimum Gasteiger partial charge on any atom is -0.360 e. The molecule has 1 aliphatic heterocycles. The third-order valence-corrected chi connectivity index (χ3v) is 5.92. The summed E-state index contributed by atoms with van der Waals surface area (Å²) in [4.78, 5) is 6.58. The maximum Gasteiger partial charge on any atom is 0.248 e. The van der Waals surface area contributed by atoms with Crippen LogP contribution >= 0.6 is 0 Å². The summed E-state index contributed by atoms with van der Waals surface area (Å²) >= 11 is 0. The minimum atomic E-state index is -3.56. The molecule has 8 heteroatoms. The van der Waals surface area contributed by atoms with Gasteiger partial charge in [-0.15, -0.1) is 0 Å². The average Bonchev–Trinajstić information content (AvgIpc) is 2.88. The molecular weight excluding hydrogens is 304 g/mol. The van der Waals surface area contributed by atoms with Crippen LogP contribution in [0.4, 0.5) is 5.82 Å². The van der Waals surface area contributed by atoms with Crippen LogP contribution in [0.15, 0.2) is 33.8 Å². The van der Waals surface area contributed by atoms with Gasteiger partial charge in [0.2, 0.25) is 10.0 Å². The first-order chi connectivity index (χ1) is 10.5. The number of aryl methyl sites for hydroxylation is 2. The molecule has 0 aliphatic carbocycles. The third kappa shape index (κ3) is 2.59. The molecule has 0 amide bonds. The number of rotatable bonds is 3. The van der Waals surface area contributed by atoms with Gasteiger partial charge in [-0.05, 0) is 26.0 Å². The van der Waals surface area contributed by atoms with E-state index in [4.69, 9.17) is 4.52 Å². The number of hydrogen-bond donors (Lipinski definition) is 0. The van der Waals surface area contributed by atoms with Crippen molar-refractivity contribution in [2.75, 3.05) is 31.1 Å². The lowest BCUT2D eigenvalue weighted by Gasteiger charge is -2.34. The van der Waals surface area contributed by atoms with Crippen LogP contribution in [-0.2, 0) is 10.0 Å². The Balaban J connectivity index is 1.76. The van der Waals surface area contributed by atoms with Crippen molar-refractivity contribution in [3.05, 3.63) is 35.9 Å². The zero-order valence-electron chi connectivity index (χ0n) is 12.6. The van der Waals surface area contributed by atoms with Crippen molar-refractivity contribution in [3.8, 4) is 0 Å². The van der Waals surface area contributed by atoms with Crippen LogP contribution < -0.4 is 4.90 Å². The van der Waals surface area contributed by atoms with Crippen LogP contribution in [0.25, 0.3) is 0 Å². The second-order valence-electron chi connectivity index (χ2n) is 5.23. The van der Waals surface area contributed by atoms with Crippen molar-refractivity contribution in [2.24, 2.45) is 0 Å². The minimum absolute atomic E-state index is 0.193. The van der Waals surface area contributed by atoms with E-state index in [9.17, 15) is 8.42 Å². The van der Waals surface area contributed by atoms with Gasteiger partial charge in [0, 0.05) is 32.4 Å². The molecular formula is C14H18N4O3S. The van der Waals surface area contributed by atoms with Crippen molar-refractivity contribution in [3.63, 3.8) is 0 Å². The lowest BCUT2D eigenvalue weighted by atomic mass is 10.3. The standard InChI is InChI=1S/C14H18N4O3S/c1-11-14(12(2)21-16-11)22(19,20)18-9-7-17(8-10-18)13-5-3-4-6-15-13/h3-6H,7-10H2,1-2H3. The van der Waals surface area contributed by atoms with Gasteiger partial charge in [-0.2, -0.15) is 4.31 Å². The summed E-state index contributed by atoms with van der Waals surface area (Å²) in [5.41, 5.74) is 0.407. The molecule has 0 bridgehead atoms. The Labute approximate surface area is 129 Å². The van der Waals surface area contributed by atoms with E-state index in [-0.39, 0.29) is 4.90 Å². The maximum atomic E-state index is 12.7. The predicted molar refractivity (Wildman–Crippen MR) is 81.2 cm³/mol. The number of hydrogen-bond acceptors (Lipinski definition) is 6. The first-order valence-electron chi connectivity index (χ1n) is 7.09. The molecule has 0 spiro atoms. The fourth-order valence-corrected chi connectivity index (χ4v) is 4.38. The monoisotopic (exact) mass is 322 g/mol. The molecule has 3 rings (SSSR count). The summed E-state index contributed by atoms with van der Waals surface area (Å²) in [5, 5.41) is 3.74. The van der Waals surface area contributed by atoms with Gasteiger partial charge in [0.25, 0.3) is 0 Å². The second-order valence-corrected chi connectivity index (χ2v) is 7.11. The maximum absolute atomic E-state index is 12.7. The largest absolute Gasteiger partial charge is 0.360 e. The fraction of sp³-hybridized carbons (Fsp3) is 0.429. The molecule has 3 heterocycles. The highest BCUT2D eigenvalue weighted by atomic mass is 32.2. The predicted octanol–water partition coefficient (Wildman–Crippen LogP) is 1.20.